The molecule has 19 heteroatoms. The van der Waals surface area contributed by atoms with Gasteiger partial charge in [0.1, 0.15) is 18.5 Å². The number of aromatic amines is 1. The van der Waals surface area contributed by atoms with E-state index >= 15 is 0 Å². The second kappa shape index (κ2) is 24.4. The van der Waals surface area contributed by atoms with Gasteiger partial charge in [-0.25, -0.2) is 22.6 Å². The van der Waals surface area contributed by atoms with Crippen molar-refractivity contribution in [1.29, 1.82) is 0 Å². The quantitative estimate of drug-likeness (QED) is 0.0430. The molecule has 1 aromatic heterocycles. The average Bonchev–Trinajstić information content (AvgIpc) is 3.42. The molecule has 1 aliphatic heterocycles. The number of hydrogen-bond donors (Lipinski definition) is 4. The Balaban J connectivity index is 1.77. The second-order valence-corrected chi connectivity index (χ2v) is 18.6. The van der Waals surface area contributed by atoms with Crippen molar-refractivity contribution in [2.24, 2.45) is 5.73 Å². The largest absolute Gasteiger partial charge is 0.488 e. The molecule has 0 amide bonds. The van der Waals surface area contributed by atoms with E-state index in [1.165, 1.54) is 77.3 Å². The molecule has 1 fully saturated rings. The molecule has 6 atom stereocenters. The molecule has 0 spiro atoms. The van der Waals surface area contributed by atoms with Gasteiger partial charge in [-0.1, -0.05) is 103 Å². The Labute approximate surface area is 301 Å². The van der Waals surface area contributed by atoms with Crippen LogP contribution in [0.1, 0.15) is 141 Å². The van der Waals surface area contributed by atoms with Crippen molar-refractivity contribution in [3.8, 4) is 0 Å². The summed E-state index contributed by atoms with van der Waals surface area (Å²) in [5.74, 6) is 0. The molecule has 5 N–H and O–H groups in total. The van der Waals surface area contributed by atoms with E-state index in [4.69, 9.17) is 23.8 Å². The van der Waals surface area contributed by atoms with Crippen molar-refractivity contribution in [3.05, 3.63) is 32.6 Å². The molecule has 1 aromatic rings. The number of rotatable bonds is 30. The topological polar surface area (TPSA) is 219 Å². The van der Waals surface area contributed by atoms with Gasteiger partial charge in [0.15, 0.2) is 0 Å². The monoisotopic (exact) mass is 791 g/mol. The molecule has 298 valence electrons. The number of H-pyrrole nitrogens is 1. The zero-order valence-electron chi connectivity index (χ0n) is 30.3. The number of nitrogens with one attached hydrogen (secondary N) is 1. The molecule has 0 bridgehead atoms. The highest BCUT2D eigenvalue weighted by Gasteiger charge is 2.44. The molecular formula is C32H61FN3O12P3. The number of alkyl halides is 1. The minimum absolute atomic E-state index is 0.0867. The molecule has 0 aromatic carbocycles. The first-order valence-electron chi connectivity index (χ1n) is 18.5. The summed E-state index contributed by atoms with van der Waals surface area (Å²) in [7, 11) is -15.2. The van der Waals surface area contributed by atoms with Crippen molar-refractivity contribution < 1.29 is 50.3 Å². The molecule has 4 unspecified atom stereocenters. The lowest BCUT2D eigenvalue weighted by atomic mass is 10.0. The van der Waals surface area contributed by atoms with Crippen LogP contribution in [0, 0.1) is 6.92 Å². The van der Waals surface area contributed by atoms with Crippen molar-refractivity contribution in [3.63, 3.8) is 0 Å². The minimum atomic E-state index is -5.50. The van der Waals surface area contributed by atoms with E-state index in [1.807, 2.05) is 0 Å². The number of unbranched alkanes of at least 4 members (excludes halogenated alkanes) is 16. The van der Waals surface area contributed by atoms with Crippen LogP contribution in [0.25, 0.3) is 0 Å². The maximum Gasteiger partial charge on any atom is 0.488 e. The fraction of sp³-hybridized carbons (Fsp3) is 0.875. The van der Waals surface area contributed by atoms with E-state index in [0.717, 1.165) is 30.3 Å². The molecule has 1 aliphatic rings. The van der Waals surface area contributed by atoms with E-state index in [9.17, 15) is 37.5 Å². The Morgan fingerprint density at radius 1 is 0.843 bits per heavy atom. The Kier molecular flexibility index (Phi) is 22.1. The predicted molar refractivity (Wildman–Crippen MR) is 194 cm³/mol. The average molecular weight is 792 g/mol. The summed E-state index contributed by atoms with van der Waals surface area (Å²) in [5.41, 5.74) is 4.22. The number of hydrogen-bond acceptors (Lipinski definition) is 11. The van der Waals surface area contributed by atoms with Gasteiger partial charge in [0.25, 0.3) is 5.56 Å². The molecule has 15 nitrogen and oxygen atoms in total. The molecule has 1 saturated heterocycles. The molecule has 51 heavy (non-hydrogen) atoms. The van der Waals surface area contributed by atoms with Crippen LogP contribution in [0.3, 0.4) is 0 Å². The van der Waals surface area contributed by atoms with Crippen LogP contribution < -0.4 is 17.0 Å². The van der Waals surface area contributed by atoms with Crippen LogP contribution in [-0.2, 0) is 36.1 Å². The summed E-state index contributed by atoms with van der Waals surface area (Å²) >= 11 is 0. The van der Waals surface area contributed by atoms with Crippen LogP contribution in [0.15, 0.2) is 15.8 Å². The van der Waals surface area contributed by atoms with Crippen LogP contribution in [0.4, 0.5) is 4.39 Å². The van der Waals surface area contributed by atoms with Gasteiger partial charge in [0.2, 0.25) is 0 Å². The highest BCUT2D eigenvalue weighted by molar-refractivity contribution is 7.68. The second-order valence-electron chi connectivity index (χ2n) is 13.2. The molecule has 2 rings (SSSR count). The third-order valence-corrected chi connectivity index (χ3v) is 14.0. The van der Waals surface area contributed by atoms with Gasteiger partial charge in [-0.3, -0.25) is 23.4 Å². The Hall–Kier alpha value is -1.02. The molecule has 0 aliphatic carbocycles. The van der Waals surface area contributed by atoms with Gasteiger partial charge >= 0.3 is 28.9 Å². The SMILES string of the molecule is CCCCCCCCCCCCCCCCCCP(=O)(OCCCCN)OP(=O)(O)OP(=O)(O)OC[C@H]1O[C@@H](n2cc(C)c(=O)[nH]c2=O)CC1F. The highest BCUT2D eigenvalue weighted by Crippen LogP contribution is 2.69. The Morgan fingerprint density at radius 2 is 1.39 bits per heavy atom. The van der Waals surface area contributed by atoms with Gasteiger partial charge in [-0.05, 0) is 32.7 Å². The lowest BCUT2D eigenvalue weighted by Gasteiger charge is -2.23. The molecule has 0 saturated carbocycles. The summed E-state index contributed by atoms with van der Waals surface area (Å²) in [6.45, 7) is 3.03. The minimum Gasteiger partial charge on any atom is -0.349 e. The predicted octanol–water partition coefficient (Wildman–Crippen LogP) is 7.93. The normalized spacial score (nSPS) is 21.3. The van der Waals surface area contributed by atoms with E-state index in [1.54, 1.807) is 0 Å². The van der Waals surface area contributed by atoms with E-state index in [0.29, 0.717) is 32.2 Å². The van der Waals surface area contributed by atoms with Gasteiger partial charge in [0.05, 0.1) is 19.4 Å². The van der Waals surface area contributed by atoms with E-state index in [2.05, 4.69) is 16.2 Å². The van der Waals surface area contributed by atoms with Crippen molar-refractivity contribution in [2.45, 2.75) is 154 Å². The highest BCUT2D eigenvalue weighted by atomic mass is 31.3. The number of halogens is 1. The zero-order chi connectivity index (χ0) is 37.8. The maximum atomic E-state index is 14.7. The van der Waals surface area contributed by atoms with Crippen LogP contribution in [0.2, 0.25) is 0 Å². The maximum absolute atomic E-state index is 14.7. The number of nitrogens with zero attached hydrogens (tertiary/aromatic N) is 1. The number of aryl methyl sites for hydroxylation is 1. The summed E-state index contributed by atoms with van der Waals surface area (Å²) < 4.78 is 79.2. The summed E-state index contributed by atoms with van der Waals surface area (Å²) in [6, 6.07) is 0. The first kappa shape index (κ1) is 46.1. The first-order valence-corrected chi connectivity index (χ1v) is 23.2. The van der Waals surface area contributed by atoms with E-state index < -0.39 is 59.6 Å². The van der Waals surface area contributed by atoms with Crippen molar-refractivity contribution in [2.75, 3.05) is 25.9 Å². The number of ether oxygens (including phenoxy) is 1. The van der Waals surface area contributed by atoms with Crippen molar-refractivity contribution in [1.82, 2.24) is 9.55 Å². The van der Waals surface area contributed by atoms with Crippen molar-refractivity contribution >= 4 is 23.2 Å². The molecule has 2 heterocycles. The van der Waals surface area contributed by atoms with Gasteiger partial charge in [-0.15, -0.1) is 0 Å². The number of nitrogens with two attached hydrogens (primary N) is 1. The lowest BCUT2D eigenvalue weighted by molar-refractivity contribution is -0.0350. The number of aromatic nitrogens is 2. The third-order valence-electron chi connectivity index (χ3n) is 8.63. The van der Waals surface area contributed by atoms with Crippen LogP contribution in [-0.4, -0.2) is 57.5 Å². The summed E-state index contributed by atoms with van der Waals surface area (Å²) in [5, 5.41) is 0. The number of phosphoric ester groups is 1. The Bertz CT molecular complexity index is 1400. The third kappa shape index (κ3) is 19.2. The molecule has 0 radical (unpaired) electrons. The number of phosphoric acid groups is 2. The smallest absolute Gasteiger partial charge is 0.349 e. The van der Waals surface area contributed by atoms with Crippen LogP contribution in [0.5, 0.6) is 0 Å². The summed E-state index contributed by atoms with van der Waals surface area (Å²) in [4.78, 5) is 46.3. The van der Waals surface area contributed by atoms with Crippen LogP contribution >= 0.6 is 23.2 Å². The lowest BCUT2D eigenvalue weighted by Crippen LogP contribution is -2.33. The fourth-order valence-corrected chi connectivity index (χ4v) is 10.6. The standard InChI is InChI=1S/C32H61FN3O12P3/c1-3-4-5-6-7-8-9-10-11-12-13-14-15-16-17-20-23-49(39,44-22-19-18-21-34)47-51(42,43)48-50(40,41)45-26-29-28(33)24-30(46-29)36-25-27(2)31(37)35-32(36)38/h25,28-30H,3-24,26,34H2,1-2H3,(H,40,41)(H,42,43)(H,35,37,38)/t28?,29-,30-,49?/m1/s1. The first-order chi connectivity index (χ1) is 24.2. The van der Waals surface area contributed by atoms with Gasteiger partial charge < -0.3 is 24.8 Å². The summed E-state index contributed by atoms with van der Waals surface area (Å²) in [6.07, 6.45) is 15.3. The van der Waals surface area contributed by atoms with Gasteiger partial charge in [-0.2, -0.15) is 4.31 Å². The van der Waals surface area contributed by atoms with E-state index in [-0.39, 0.29) is 24.8 Å². The zero-order valence-corrected chi connectivity index (χ0v) is 33.0. The fourth-order valence-electron chi connectivity index (χ4n) is 5.74. The molecular weight excluding hydrogens is 730 g/mol. The Morgan fingerprint density at radius 3 is 1.94 bits per heavy atom. The van der Waals surface area contributed by atoms with Gasteiger partial charge in [0, 0.05) is 18.2 Å².